The molecule has 4 heteroatoms. The van der Waals surface area contributed by atoms with E-state index in [2.05, 4.69) is 10.2 Å². The number of aliphatic hydroxyl groups excluding tert-OH is 1. The summed E-state index contributed by atoms with van der Waals surface area (Å²) in [6.45, 7) is 2.10. The van der Waals surface area contributed by atoms with Crippen molar-refractivity contribution in [3.8, 4) is 0 Å². The molecule has 0 aliphatic heterocycles. The SMILES string of the molecule is Cc1cc2nncn2c2ccc(CO)cc12. The minimum Gasteiger partial charge on any atom is -0.392 e. The molecule has 1 aromatic carbocycles. The number of benzene rings is 1. The van der Waals surface area contributed by atoms with E-state index in [0.29, 0.717) is 0 Å². The van der Waals surface area contributed by atoms with E-state index in [1.165, 1.54) is 0 Å². The fourth-order valence-electron chi connectivity index (χ4n) is 2.01. The van der Waals surface area contributed by atoms with Crippen molar-refractivity contribution in [2.45, 2.75) is 13.5 Å². The van der Waals surface area contributed by atoms with Crippen LogP contribution in [0.3, 0.4) is 0 Å². The van der Waals surface area contributed by atoms with Gasteiger partial charge in [0.05, 0.1) is 12.1 Å². The molecule has 0 aliphatic rings. The Kier molecular flexibility index (Phi) is 1.91. The average molecular weight is 213 g/mol. The number of hydrogen-bond acceptors (Lipinski definition) is 3. The largest absolute Gasteiger partial charge is 0.392 e. The highest BCUT2D eigenvalue weighted by molar-refractivity contribution is 5.85. The highest BCUT2D eigenvalue weighted by Gasteiger charge is 2.05. The van der Waals surface area contributed by atoms with E-state index in [-0.39, 0.29) is 6.61 Å². The highest BCUT2D eigenvalue weighted by Crippen LogP contribution is 2.21. The lowest BCUT2D eigenvalue weighted by Crippen LogP contribution is -1.92. The van der Waals surface area contributed by atoms with E-state index in [1.54, 1.807) is 6.33 Å². The maximum atomic E-state index is 9.13. The van der Waals surface area contributed by atoms with Crippen LogP contribution in [0.15, 0.2) is 30.6 Å². The Morgan fingerprint density at radius 1 is 1.31 bits per heavy atom. The van der Waals surface area contributed by atoms with Gasteiger partial charge in [-0.1, -0.05) is 6.07 Å². The van der Waals surface area contributed by atoms with Crippen molar-refractivity contribution in [1.82, 2.24) is 14.6 Å². The van der Waals surface area contributed by atoms with E-state index in [0.717, 1.165) is 27.7 Å². The van der Waals surface area contributed by atoms with Gasteiger partial charge in [-0.2, -0.15) is 0 Å². The maximum absolute atomic E-state index is 9.13. The number of hydrogen-bond donors (Lipinski definition) is 1. The van der Waals surface area contributed by atoms with Crippen molar-refractivity contribution in [2.75, 3.05) is 0 Å². The van der Waals surface area contributed by atoms with Crippen molar-refractivity contribution in [3.63, 3.8) is 0 Å². The molecule has 1 N–H and O–H groups in total. The predicted octanol–water partition coefficient (Wildman–Crippen LogP) is 1.68. The molecule has 3 rings (SSSR count). The molecule has 0 spiro atoms. The number of nitrogens with zero attached hydrogens (tertiary/aromatic N) is 3. The first-order valence-corrected chi connectivity index (χ1v) is 5.12. The molecule has 2 aromatic heterocycles. The van der Waals surface area contributed by atoms with Gasteiger partial charge in [0.1, 0.15) is 6.33 Å². The molecule has 16 heavy (non-hydrogen) atoms. The summed E-state index contributed by atoms with van der Waals surface area (Å²) in [6.07, 6.45) is 1.70. The molecule has 4 nitrogen and oxygen atoms in total. The normalized spacial score (nSPS) is 11.4. The summed E-state index contributed by atoms with van der Waals surface area (Å²) in [4.78, 5) is 0. The Bertz CT molecular complexity index is 672. The molecule has 3 aromatic rings. The molecule has 0 unspecified atom stereocenters. The highest BCUT2D eigenvalue weighted by atomic mass is 16.3. The Labute approximate surface area is 92.2 Å². The minimum absolute atomic E-state index is 0.0651. The van der Waals surface area contributed by atoms with E-state index in [1.807, 2.05) is 35.6 Å². The minimum atomic E-state index is 0.0651. The fraction of sp³-hybridized carbons (Fsp3) is 0.167. The van der Waals surface area contributed by atoms with Crippen LogP contribution in [0.1, 0.15) is 11.1 Å². The summed E-state index contributed by atoms with van der Waals surface area (Å²) in [5, 5.41) is 18.2. The van der Waals surface area contributed by atoms with Crippen LogP contribution in [0.2, 0.25) is 0 Å². The number of rotatable bonds is 1. The molecule has 0 bridgehead atoms. The number of pyridine rings is 1. The molecule has 0 saturated heterocycles. The first-order chi connectivity index (χ1) is 7.79. The molecule has 0 atom stereocenters. The van der Waals surface area contributed by atoms with Crippen molar-refractivity contribution in [3.05, 3.63) is 41.7 Å². The van der Waals surface area contributed by atoms with Crippen LogP contribution in [-0.4, -0.2) is 19.7 Å². The Morgan fingerprint density at radius 3 is 3.00 bits per heavy atom. The van der Waals surface area contributed by atoms with Gasteiger partial charge in [-0.3, -0.25) is 4.40 Å². The van der Waals surface area contributed by atoms with Crippen LogP contribution >= 0.6 is 0 Å². The van der Waals surface area contributed by atoms with Gasteiger partial charge in [0, 0.05) is 5.39 Å². The third kappa shape index (κ3) is 1.20. The predicted molar refractivity (Wildman–Crippen MR) is 61.2 cm³/mol. The summed E-state index contributed by atoms with van der Waals surface area (Å²) in [7, 11) is 0. The van der Waals surface area contributed by atoms with Gasteiger partial charge in [0.25, 0.3) is 0 Å². The molecule has 0 fully saturated rings. The summed E-state index contributed by atoms with van der Waals surface area (Å²) in [6, 6.07) is 7.91. The number of fused-ring (bicyclic) bond motifs is 3. The second-order valence-electron chi connectivity index (χ2n) is 3.90. The molecule has 80 valence electrons. The molecular weight excluding hydrogens is 202 g/mol. The van der Waals surface area contributed by atoms with Crippen LogP contribution in [-0.2, 0) is 6.61 Å². The quantitative estimate of drug-likeness (QED) is 0.669. The summed E-state index contributed by atoms with van der Waals surface area (Å²) >= 11 is 0. The van der Waals surface area contributed by atoms with Gasteiger partial charge in [0.15, 0.2) is 5.65 Å². The topological polar surface area (TPSA) is 50.4 Å². The Balaban J connectivity index is 2.49. The van der Waals surface area contributed by atoms with Crippen LogP contribution in [0.4, 0.5) is 0 Å². The zero-order chi connectivity index (χ0) is 11.1. The summed E-state index contributed by atoms with van der Waals surface area (Å²) in [5.74, 6) is 0. The first kappa shape index (κ1) is 9.30. The molecule has 0 saturated carbocycles. The molecule has 0 radical (unpaired) electrons. The van der Waals surface area contributed by atoms with Gasteiger partial charge in [-0.05, 0) is 36.2 Å². The number of aliphatic hydroxyl groups is 1. The maximum Gasteiger partial charge on any atom is 0.161 e. The Morgan fingerprint density at radius 2 is 2.19 bits per heavy atom. The monoisotopic (exact) mass is 213 g/mol. The lowest BCUT2D eigenvalue weighted by atomic mass is 10.1. The van der Waals surface area contributed by atoms with Crippen LogP contribution in [0.5, 0.6) is 0 Å². The molecular formula is C12H11N3O. The average Bonchev–Trinajstić information content (AvgIpc) is 2.77. The van der Waals surface area contributed by atoms with Crippen LogP contribution in [0, 0.1) is 6.92 Å². The van der Waals surface area contributed by atoms with E-state index in [4.69, 9.17) is 5.11 Å². The number of aryl methyl sites for hydroxylation is 1. The third-order valence-corrected chi connectivity index (χ3v) is 2.85. The van der Waals surface area contributed by atoms with Crippen molar-refractivity contribution in [1.29, 1.82) is 0 Å². The smallest absolute Gasteiger partial charge is 0.161 e. The zero-order valence-electron chi connectivity index (χ0n) is 8.88. The van der Waals surface area contributed by atoms with E-state index < -0.39 is 0 Å². The van der Waals surface area contributed by atoms with Crippen molar-refractivity contribution < 1.29 is 5.11 Å². The first-order valence-electron chi connectivity index (χ1n) is 5.12. The number of aromatic nitrogens is 3. The standard InChI is InChI=1S/C12H11N3O/c1-8-4-12-14-13-7-15(12)11-3-2-9(6-16)5-10(8)11/h2-5,7,16H,6H2,1H3. The fourth-order valence-corrected chi connectivity index (χ4v) is 2.01. The lowest BCUT2D eigenvalue weighted by molar-refractivity contribution is 0.282. The van der Waals surface area contributed by atoms with Gasteiger partial charge in [-0.25, -0.2) is 0 Å². The summed E-state index contributed by atoms with van der Waals surface area (Å²) in [5.41, 5.74) is 3.98. The summed E-state index contributed by atoms with van der Waals surface area (Å²) < 4.78 is 1.95. The lowest BCUT2D eigenvalue weighted by Gasteiger charge is -2.06. The van der Waals surface area contributed by atoms with Gasteiger partial charge >= 0.3 is 0 Å². The van der Waals surface area contributed by atoms with Gasteiger partial charge in [-0.15, -0.1) is 10.2 Å². The van der Waals surface area contributed by atoms with E-state index >= 15 is 0 Å². The molecule has 2 heterocycles. The van der Waals surface area contributed by atoms with Crippen molar-refractivity contribution >= 4 is 16.6 Å². The van der Waals surface area contributed by atoms with Crippen LogP contribution < -0.4 is 0 Å². The van der Waals surface area contributed by atoms with Gasteiger partial charge < -0.3 is 5.11 Å². The zero-order valence-corrected chi connectivity index (χ0v) is 8.88. The second kappa shape index (κ2) is 3.28. The second-order valence-corrected chi connectivity index (χ2v) is 3.90. The molecule has 0 amide bonds. The molecule has 0 aliphatic carbocycles. The van der Waals surface area contributed by atoms with Gasteiger partial charge in [0.2, 0.25) is 0 Å². The third-order valence-electron chi connectivity index (χ3n) is 2.85. The van der Waals surface area contributed by atoms with Crippen molar-refractivity contribution in [2.24, 2.45) is 0 Å². The Hall–Kier alpha value is -1.94. The van der Waals surface area contributed by atoms with Crippen LogP contribution in [0.25, 0.3) is 16.6 Å². The van der Waals surface area contributed by atoms with E-state index in [9.17, 15) is 0 Å².